The lowest BCUT2D eigenvalue weighted by molar-refractivity contribution is -0.500. The predicted octanol–water partition coefficient (Wildman–Crippen LogP) is 4.68. The van der Waals surface area contributed by atoms with Crippen molar-refractivity contribution in [3.63, 3.8) is 0 Å². The van der Waals surface area contributed by atoms with Gasteiger partial charge in [0.15, 0.2) is 0 Å². The molecule has 0 aliphatic carbocycles. The van der Waals surface area contributed by atoms with E-state index in [1.807, 2.05) is 0 Å². The third kappa shape index (κ3) is 3.29. The lowest BCUT2D eigenvalue weighted by atomic mass is 10.1. The third-order valence-electron chi connectivity index (χ3n) is 1.88. The molecule has 0 saturated heterocycles. The Morgan fingerprint density at radius 2 is 0.857 bits per heavy atom. The van der Waals surface area contributed by atoms with E-state index >= 15 is 0 Å². The van der Waals surface area contributed by atoms with Crippen molar-refractivity contribution in [3.05, 3.63) is 0 Å². The first-order valence-electron chi connectivity index (χ1n) is 4.37. The summed E-state index contributed by atoms with van der Waals surface area (Å²) in [6.07, 6.45) is -21.0. The van der Waals surface area contributed by atoms with E-state index in [1.165, 1.54) is 0 Å². The van der Waals surface area contributed by atoms with Crippen LogP contribution in [0.3, 0.4) is 0 Å². The second-order valence-corrected chi connectivity index (χ2v) is 3.67. The summed E-state index contributed by atoms with van der Waals surface area (Å²) in [6.45, 7) is -0.816. The highest BCUT2D eigenvalue weighted by molar-refractivity contribution is 4.97. The Hall–Kier alpha value is -0.950. The summed E-state index contributed by atoms with van der Waals surface area (Å²) in [5.74, 6) is -20.7. The molecule has 0 heterocycles. The fraction of sp³-hybridized carbons (Fsp3) is 1.00. The number of halogens is 13. The topological polar surface area (TPSA) is 9.23 Å². The van der Waals surface area contributed by atoms with Crippen LogP contribution >= 0.6 is 0 Å². The molecule has 21 heavy (non-hydrogen) atoms. The van der Waals surface area contributed by atoms with Crippen molar-refractivity contribution in [2.45, 2.75) is 43.1 Å². The van der Waals surface area contributed by atoms with Crippen molar-refractivity contribution in [1.29, 1.82) is 0 Å². The fourth-order valence-corrected chi connectivity index (χ4v) is 0.675. The quantitative estimate of drug-likeness (QED) is 0.655. The zero-order chi connectivity index (χ0) is 17.7. The monoisotopic (exact) mass is 350 g/mol. The van der Waals surface area contributed by atoms with Crippen LogP contribution in [0, 0.1) is 0 Å². The van der Waals surface area contributed by atoms with E-state index in [0.717, 1.165) is 0 Å². The number of hydrogen-bond donors (Lipinski definition) is 0. The van der Waals surface area contributed by atoms with Crippen LogP contribution in [0.2, 0.25) is 0 Å². The van der Waals surface area contributed by atoms with Crippen molar-refractivity contribution in [2.75, 3.05) is 0 Å². The second-order valence-electron chi connectivity index (χ2n) is 3.67. The van der Waals surface area contributed by atoms with E-state index in [-0.39, 0.29) is 0 Å². The van der Waals surface area contributed by atoms with Gasteiger partial charge in [-0.05, 0) is 0 Å². The van der Waals surface area contributed by atoms with Crippen LogP contribution in [0.15, 0.2) is 0 Å². The minimum atomic E-state index is -7.58. The first-order chi connectivity index (χ1) is 8.71. The molecule has 0 radical (unpaired) electrons. The van der Waals surface area contributed by atoms with Gasteiger partial charge in [-0.3, -0.25) is 0 Å². The maximum atomic E-state index is 12.5. The lowest BCUT2D eigenvalue weighted by Crippen LogP contribution is -2.64. The highest BCUT2D eigenvalue weighted by Gasteiger charge is 2.84. The Morgan fingerprint density at radius 3 is 1.10 bits per heavy atom. The first-order valence-corrected chi connectivity index (χ1v) is 4.37. The summed E-state index contributed by atoms with van der Waals surface area (Å²) in [5.41, 5.74) is 0. The molecule has 0 aromatic carbocycles. The van der Waals surface area contributed by atoms with Crippen molar-refractivity contribution >= 4 is 0 Å². The molecule has 0 aliphatic rings. The molecule has 0 bridgehead atoms. The van der Waals surface area contributed by atoms with Gasteiger partial charge in [0, 0.05) is 6.92 Å². The Bertz CT molecular complexity index is 375. The van der Waals surface area contributed by atoms with Gasteiger partial charge in [0.1, 0.15) is 0 Å². The van der Waals surface area contributed by atoms with Crippen LogP contribution in [0.4, 0.5) is 57.1 Å². The van der Waals surface area contributed by atoms with E-state index < -0.39 is 43.1 Å². The van der Waals surface area contributed by atoms with E-state index in [0.29, 0.717) is 0 Å². The van der Waals surface area contributed by atoms with Gasteiger partial charge in [-0.2, -0.15) is 57.1 Å². The standard InChI is InChI=1S/C7H3F13O/c1-2(8,9)6(17,18)21-7(19,20)4(12,13)3(10,11)5(14,15)16/h1H3. The molecule has 0 amide bonds. The van der Waals surface area contributed by atoms with Crippen LogP contribution in [-0.2, 0) is 4.74 Å². The highest BCUT2D eigenvalue weighted by atomic mass is 19.4. The lowest BCUT2D eigenvalue weighted by Gasteiger charge is -2.35. The van der Waals surface area contributed by atoms with Gasteiger partial charge in [0.25, 0.3) is 0 Å². The molecule has 1 nitrogen and oxygen atoms in total. The minimum Gasteiger partial charge on any atom is -0.245 e. The maximum absolute atomic E-state index is 12.5. The number of alkyl halides is 13. The predicted molar refractivity (Wildman–Crippen MR) is 37.5 cm³/mol. The van der Waals surface area contributed by atoms with Gasteiger partial charge < -0.3 is 0 Å². The SMILES string of the molecule is CC(F)(F)C(F)(F)OC(F)(F)C(F)(F)C(F)(F)C(F)(F)F. The van der Waals surface area contributed by atoms with Gasteiger partial charge in [0.2, 0.25) is 0 Å². The summed E-state index contributed by atoms with van der Waals surface area (Å²) < 4.78 is 159. The van der Waals surface area contributed by atoms with Gasteiger partial charge in [-0.1, -0.05) is 0 Å². The molecule has 0 saturated carbocycles. The Labute approximate surface area is 106 Å². The Balaban J connectivity index is 5.71. The molecule has 0 atom stereocenters. The molecular formula is C7H3F13O. The number of hydrogen-bond acceptors (Lipinski definition) is 1. The van der Waals surface area contributed by atoms with Crippen molar-refractivity contribution in [2.24, 2.45) is 0 Å². The molecular weight excluding hydrogens is 347 g/mol. The Morgan fingerprint density at radius 1 is 0.524 bits per heavy atom. The molecule has 0 N–H and O–H groups in total. The Kier molecular flexibility index (Phi) is 4.56. The van der Waals surface area contributed by atoms with Gasteiger partial charge >= 0.3 is 36.2 Å². The van der Waals surface area contributed by atoms with Crippen molar-refractivity contribution < 1.29 is 61.8 Å². The number of ether oxygens (including phenoxy) is 1. The summed E-state index contributed by atoms with van der Waals surface area (Å²) >= 11 is 0. The highest BCUT2D eigenvalue weighted by Crippen LogP contribution is 2.55. The van der Waals surface area contributed by atoms with Gasteiger partial charge in [0.05, 0.1) is 0 Å². The van der Waals surface area contributed by atoms with E-state index in [4.69, 9.17) is 0 Å². The fourth-order valence-electron chi connectivity index (χ4n) is 0.675. The molecule has 0 fully saturated rings. The smallest absolute Gasteiger partial charge is 0.245 e. The van der Waals surface area contributed by atoms with Gasteiger partial charge in [-0.15, -0.1) is 0 Å². The van der Waals surface area contributed by atoms with E-state index in [9.17, 15) is 57.1 Å². The molecule has 0 unspecified atom stereocenters. The van der Waals surface area contributed by atoms with E-state index in [2.05, 4.69) is 0 Å². The minimum absolute atomic E-state index is 0.816. The normalized spacial score (nSPS) is 16.3. The van der Waals surface area contributed by atoms with Gasteiger partial charge in [-0.25, -0.2) is 4.74 Å². The summed E-state index contributed by atoms with van der Waals surface area (Å²) in [7, 11) is 0. The molecule has 0 aliphatic heterocycles. The van der Waals surface area contributed by atoms with Crippen molar-refractivity contribution in [1.82, 2.24) is 0 Å². The summed E-state index contributed by atoms with van der Waals surface area (Å²) in [6, 6.07) is 0. The summed E-state index contributed by atoms with van der Waals surface area (Å²) in [5, 5.41) is 0. The maximum Gasteiger partial charge on any atom is 0.460 e. The zero-order valence-electron chi connectivity index (χ0n) is 9.32. The third-order valence-corrected chi connectivity index (χ3v) is 1.88. The van der Waals surface area contributed by atoms with Crippen LogP contribution in [0.25, 0.3) is 0 Å². The van der Waals surface area contributed by atoms with Crippen LogP contribution in [0.1, 0.15) is 6.92 Å². The molecule has 0 aromatic heterocycles. The average Bonchev–Trinajstić information content (AvgIpc) is 2.11. The number of rotatable bonds is 5. The summed E-state index contributed by atoms with van der Waals surface area (Å²) in [4.78, 5) is 0. The largest absolute Gasteiger partial charge is 0.460 e. The molecule has 0 aromatic rings. The van der Waals surface area contributed by atoms with Crippen LogP contribution in [0.5, 0.6) is 0 Å². The second kappa shape index (κ2) is 4.78. The molecule has 0 spiro atoms. The molecule has 0 rings (SSSR count). The van der Waals surface area contributed by atoms with Crippen LogP contribution in [-0.4, -0.2) is 36.2 Å². The zero-order valence-corrected chi connectivity index (χ0v) is 9.32. The molecule has 14 heteroatoms. The van der Waals surface area contributed by atoms with E-state index in [1.54, 1.807) is 4.74 Å². The first kappa shape index (κ1) is 20.1. The molecule has 128 valence electrons. The van der Waals surface area contributed by atoms with Crippen LogP contribution < -0.4 is 0 Å². The average molecular weight is 350 g/mol. The van der Waals surface area contributed by atoms with Crippen molar-refractivity contribution in [3.8, 4) is 0 Å².